The number of hydrogen-bond acceptors (Lipinski definition) is 4. The van der Waals surface area contributed by atoms with Gasteiger partial charge in [0, 0.05) is 21.7 Å². The standard InChI is InChI=1S/C15H19FN2S2/c1-15(2,3)14-12(8-17)20-13(18-14)9-19-11-6-4-10(16)5-7-11/h4-7H,8-9,17H2,1-3H3. The van der Waals surface area contributed by atoms with Crippen molar-refractivity contribution in [3.63, 3.8) is 0 Å². The summed E-state index contributed by atoms with van der Waals surface area (Å²) >= 11 is 3.34. The van der Waals surface area contributed by atoms with Crippen molar-refractivity contribution in [2.75, 3.05) is 0 Å². The lowest BCUT2D eigenvalue weighted by Crippen LogP contribution is -2.15. The van der Waals surface area contributed by atoms with Crippen LogP contribution in [0.1, 0.15) is 36.3 Å². The first-order valence-electron chi connectivity index (χ1n) is 6.47. The Labute approximate surface area is 127 Å². The van der Waals surface area contributed by atoms with Crippen molar-refractivity contribution in [1.82, 2.24) is 4.98 Å². The number of thioether (sulfide) groups is 1. The normalized spacial score (nSPS) is 11.8. The fourth-order valence-corrected chi connectivity index (χ4v) is 3.91. The maximum absolute atomic E-state index is 12.8. The molecule has 5 heteroatoms. The van der Waals surface area contributed by atoms with E-state index in [9.17, 15) is 4.39 Å². The molecule has 2 rings (SSSR count). The van der Waals surface area contributed by atoms with Gasteiger partial charge in [-0.1, -0.05) is 20.8 Å². The van der Waals surface area contributed by atoms with Crippen molar-refractivity contribution in [2.45, 2.75) is 43.4 Å². The number of aromatic nitrogens is 1. The number of nitrogens with two attached hydrogens (primary N) is 1. The summed E-state index contributed by atoms with van der Waals surface area (Å²) < 4.78 is 12.8. The lowest BCUT2D eigenvalue weighted by molar-refractivity contribution is 0.565. The van der Waals surface area contributed by atoms with Gasteiger partial charge in [0.1, 0.15) is 10.8 Å². The first kappa shape index (κ1) is 15.5. The summed E-state index contributed by atoms with van der Waals surface area (Å²) in [5.41, 5.74) is 6.92. The minimum Gasteiger partial charge on any atom is -0.326 e. The molecule has 20 heavy (non-hydrogen) atoms. The van der Waals surface area contributed by atoms with Gasteiger partial charge in [0.25, 0.3) is 0 Å². The molecule has 0 atom stereocenters. The number of thiazole rings is 1. The predicted octanol–water partition coefficient (Wildman–Crippen LogP) is 4.33. The van der Waals surface area contributed by atoms with E-state index >= 15 is 0 Å². The van der Waals surface area contributed by atoms with Gasteiger partial charge in [-0.15, -0.1) is 23.1 Å². The van der Waals surface area contributed by atoms with Gasteiger partial charge in [-0.05, 0) is 24.3 Å². The van der Waals surface area contributed by atoms with E-state index < -0.39 is 0 Å². The van der Waals surface area contributed by atoms with Crippen LogP contribution in [-0.4, -0.2) is 4.98 Å². The third kappa shape index (κ3) is 3.81. The summed E-state index contributed by atoms with van der Waals surface area (Å²) in [5, 5.41) is 1.07. The molecule has 2 nitrogen and oxygen atoms in total. The van der Waals surface area contributed by atoms with Gasteiger partial charge >= 0.3 is 0 Å². The smallest absolute Gasteiger partial charge is 0.123 e. The van der Waals surface area contributed by atoms with Gasteiger partial charge in [-0.3, -0.25) is 0 Å². The first-order valence-corrected chi connectivity index (χ1v) is 8.28. The molecule has 0 saturated carbocycles. The molecule has 0 unspecified atom stereocenters. The fraction of sp³-hybridized carbons (Fsp3) is 0.400. The zero-order chi connectivity index (χ0) is 14.8. The van der Waals surface area contributed by atoms with Gasteiger partial charge in [-0.2, -0.15) is 0 Å². The van der Waals surface area contributed by atoms with Gasteiger partial charge < -0.3 is 5.73 Å². The summed E-state index contributed by atoms with van der Waals surface area (Å²) in [5.74, 6) is 0.586. The Hall–Kier alpha value is -0.910. The molecule has 0 aliphatic rings. The Morgan fingerprint density at radius 2 is 1.90 bits per heavy atom. The van der Waals surface area contributed by atoms with E-state index in [1.54, 1.807) is 35.2 Å². The van der Waals surface area contributed by atoms with E-state index in [1.165, 1.54) is 12.1 Å². The van der Waals surface area contributed by atoms with E-state index in [2.05, 4.69) is 20.8 Å². The van der Waals surface area contributed by atoms with Crippen molar-refractivity contribution < 1.29 is 4.39 Å². The Kier molecular flexibility index (Phi) is 4.83. The number of rotatable bonds is 4. The molecule has 0 aliphatic heterocycles. The zero-order valence-corrected chi connectivity index (χ0v) is 13.6. The second-order valence-electron chi connectivity index (χ2n) is 5.58. The lowest BCUT2D eigenvalue weighted by Gasteiger charge is -2.16. The van der Waals surface area contributed by atoms with E-state index in [0.29, 0.717) is 6.54 Å². The number of hydrogen-bond donors (Lipinski definition) is 1. The highest BCUT2D eigenvalue weighted by Gasteiger charge is 2.22. The molecule has 0 amide bonds. The molecule has 108 valence electrons. The van der Waals surface area contributed by atoms with Gasteiger partial charge in [0.15, 0.2) is 0 Å². The molecular formula is C15H19FN2S2. The van der Waals surface area contributed by atoms with Crippen LogP contribution in [-0.2, 0) is 17.7 Å². The van der Waals surface area contributed by atoms with Gasteiger partial charge in [-0.25, -0.2) is 9.37 Å². The molecule has 1 heterocycles. The summed E-state index contributed by atoms with van der Waals surface area (Å²) in [7, 11) is 0. The predicted molar refractivity (Wildman–Crippen MR) is 84.7 cm³/mol. The summed E-state index contributed by atoms with van der Waals surface area (Å²) in [6.07, 6.45) is 0. The Morgan fingerprint density at radius 3 is 2.40 bits per heavy atom. The second-order valence-corrected chi connectivity index (χ2v) is 7.79. The molecule has 1 aromatic carbocycles. The number of halogens is 1. The summed E-state index contributed by atoms with van der Waals surface area (Å²) in [6, 6.07) is 6.55. The van der Waals surface area contributed by atoms with Crippen LogP contribution in [0, 0.1) is 5.82 Å². The summed E-state index contributed by atoms with van der Waals surface area (Å²) in [6.45, 7) is 6.99. The van der Waals surface area contributed by atoms with Crippen molar-refractivity contribution in [3.8, 4) is 0 Å². The van der Waals surface area contributed by atoms with Crippen LogP contribution in [0.15, 0.2) is 29.2 Å². The molecule has 2 N–H and O–H groups in total. The second kappa shape index (κ2) is 6.24. The van der Waals surface area contributed by atoms with Crippen molar-refractivity contribution >= 4 is 23.1 Å². The highest BCUT2D eigenvalue weighted by atomic mass is 32.2. The molecule has 0 aliphatic carbocycles. The zero-order valence-electron chi connectivity index (χ0n) is 11.9. The molecule has 0 saturated heterocycles. The van der Waals surface area contributed by atoms with Crippen LogP contribution >= 0.6 is 23.1 Å². The maximum atomic E-state index is 12.8. The average Bonchev–Trinajstić information content (AvgIpc) is 2.81. The first-order chi connectivity index (χ1) is 9.40. The minimum absolute atomic E-state index is 0.0179. The highest BCUT2D eigenvalue weighted by Crippen LogP contribution is 2.32. The number of benzene rings is 1. The molecular weight excluding hydrogens is 291 g/mol. The maximum Gasteiger partial charge on any atom is 0.123 e. The minimum atomic E-state index is -0.205. The van der Waals surface area contributed by atoms with Crippen LogP contribution in [0.2, 0.25) is 0 Å². The van der Waals surface area contributed by atoms with Crippen molar-refractivity contribution in [2.24, 2.45) is 5.73 Å². The molecule has 1 aromatic heterocycles. The average molecular weight is 310 g/mol. The Bertz CT molecular complexity index is 571. The fourth-order valence-electron chi connectivity index (χ4n) is 1.86. The molecule has 2 aromatic rings. The van der Waals surface area contributed by atoms with E-state index in [1.807, 2.05) is 0 Å². The van der Waals surface area contributed by atoms with Crippen LogP contribution < -0.4 is 5.73 Å². The monoisotopic (exact) mass is 310 g/mol. The molecule has 0 bridgehead atoms. The van der Waals surface area contributed by atoms with E-state index in [-0.39, 0.29) is 11.2 Å². The quantitative estimate of drug-likeness (QED) is 0.854. The van der Waals surface area contributed by atoms with Crippen molar-refractivity contribution in [3.05, 3.63) is 45.7 Å². The molecule has 0 spiro atoms. The Balaban J connectivity index is 2.10. The van der Waals surface area contributed by atoms with E-state index in [4.69, 9.17) is 10.7 Å². The van der Waals surface area contributed by atoms with Crippen LogP contribution in [0.5, 0.6) is 0 Å². The molecule has 0 radical (unpaired) electrons. The number of nitrogens with zero attached hydrogens (tertiary/aromatic N) is 1. The van der Waals surface area contributed by atoms with Crippen molar-refractivity contribution in [1.29, 1.82) is 0 Å². The van der Waals surface area contributed by atoms with Crippen LogP contribution in [0.25, 0.3) is 0 Å². The van der Waals surface area contributed by atoms with Crippen LogP contribution in [0.3, 0.4) is 0 Å². The van der Waals surface area contributed by atoms with Gasteiger partial charge in [0.2, 0.25) is 0 Å². The van der Waals surface area contributed by atoms with Gasteiger partial charge in [0.05, 0.1) is 11.4 Å². The van der Waals surface area contributed by atoms with E-state index in [0.717, 1.165) is 26.2 Å². The Morgan fingerprint density at radius 1 is 1.25 bits per heavy atom. The highest BCUT2D eigenvalue weighted by molar-refractivity contribution is 7.98. The van der Waals surface area contributed by atoms with Crippen LogP contribution in [0.4, 0.5) is 4.39 Å². The summed E-state index contributed by atoms with van der Waals surface area (Å²) in [4.78, 5) is 6.94. The lowest BCUT2D eigenvalue weighted by atomic mass is 9.91. The largest absolute Gasteiger partial charge is 0.326 e. The third-order valence-electron chi connectivity index (χ3n) is 2.81. The molecule has 0 fully saturated rings. The topological polar surface area (TPSA) is 38.9 Å². The third-order valence-corrected chi connectivity index (χ3v) is 5.10. The SMILES string of the molecule is CC(C)(C)c1nc(CSc2ccc(F)cc2)sc1CN.